The number of rotatable bonds is 5. The molecule has 5 heterocycles. The van der Waals surface area contributed by atoms with Gasteiger partial charge in [-0.25, -0.2) is 9.97 Å². The maximum absolute atomic E-state index is 4.80. The van der Waals surface area contributed by atoms with Gasteiger partial charge in [-0.3, -0.25) is 0 Å². The van der Waals surface area contributed by atoms with Crippen molar-refractivity contribution in [1.29, 1.82) is 0 Å². The molecule has 5 rings (SSSR count). The zero-order valence-electron chi connectivity index (χ0n) is 18.2. The zero-order valence-corrected chi connectivity index (χ0v) is 18.2. The van der Waals surface area contributed by atoms with Crippen LogP contribution in [0, 0.1) is 5.92 Å². The summed E-state index contributed by atoms with van der Waals surface area (Å²) in [6, 6.07) is 15.0. The number of aromatic amines is 2. The Morgan fingerprint density at radius 1 is 0.710 bits per heavy atom. The fourth-order valence-electron chi connectivity index (χ4n) is 4.42. The normalized spacial score (nSPS) is 13.6. The monoisotopic (exact) mass is 408 g/mol. The summed E-state index contributed by atoms with van der Waals surface area (Å²) in [6.07, 6.45) is 13.0. The highest BCUT2D eigenvalue weighted by Gasteiger charge is 2.10. The molecule has 1 unspecified atom stereocenters. The van der Waals surface area contributed by atoms with Gasteiger partial charge in [0.25, 0.3) is 0 Å². The summed E-state index contributed by atoms with van der Waals surface area (Å²) in [5, 5.41) is 0. The third-order valence-corrected chi connectivity index (χ3v) is 6.04. The first kappa shape index (κ1) is 19.6. The van der Waals surface area contributed by atoms with Gasteiger partial charge in [0, 0.05) is 22.1 Å². The molecule has 0 saturated carbocycles. The van der Waals surface area contributed by atoms with Gasteiger partial charge in [0.1, 0.15) is 0 Å². The van der Waals surface area contributed by atoms with Crippen LogP contribution >= 0.6 is 0 Å². The summed E-state index contributed by atoms with van der Waals surface area (Å²) >= 11 is 0. The van der Waals surface area contributed by atoms with Crippen LogP contribution < -0.4 is 0 Å². The molecule has 8 bridgehead atoms. The molecule has 4 heteroatoms. The van der Waals surface area contributed by atoms with E-state index in [1.807, 2.05) is 18.2 Å². The van der Waals surface area contributed by atoms with Gasteiger partial charge in [-0.1, -0.05) is 33.1 Å². The lowest BCUT2D eigenvalue weighted by Crippen LogP contribution is -2.02. The van der Waals surface area contributed by atoms with Crippen LogP contribution in [-0.4, -0.2) is 19.9 Å². The van der Waals surface area contributed by atoms with Crippen LogP contribution in [0.3, 0.4) is 0 Å². The quantitative estimate of drug-likeness (QED) is 0.328. The van der Waals surface area contributed by atoms with Crippen molar-refractivity contribution in [2.24, 2.45) is 5.92 Å². The largest absolute Gasteiger partial charge is 0.355 e. The number of fused-ring (bicyclic) bond motifs is 8. The maximum atomic E-state index is 4.80. The lowest BCUT2D eigenvalue weighted by Gasteiger charge is -2.12. The molecule has 2 aliphatic rings. The Morgan fingerprint density at radius 3 is 2.03 bits per heavy atom. The van der Waals surface area contributed by atoms with Crippen molar-refractivity contribution in [3.05, 3.63) is 70.8 Å². The predicted molar refractivity (Wildman–Crippen MR) is 131 cm³/mol. The number of hydrogen-bond acceptors (Lipinski definition) is 2. The fourth-order valence-corrected chi connectivity index (χ4v) is 4.42. The van der Waals surface area contributed by atoms with Crippen LogP contribution in [0.1, 0.15) is 61.4 Å². The molecule has 0 fully saturated rings. The molecule has 156 valence electrons. The van der Waals surface area contributed by atoms with Crippen molar-refractivity contribution < 1.29 is 0 Å². The molecule has 0 saturated heterocycles. The average molecular weight is 409 g/mol. The van der Waals surface area contributed by atoms with E-state index in [9.17, 15) is 0 Å². The van der Waals surface area contributed by atoms with Gasteiger partial charge in [0.15, 0.2) is 0 Å². The van der Waals surface area contributed by atoms with Gasteiger partial charge in [-0.05, 0) is 84.7 Å². The molecule has 0 aromatic carbocycles. The third-order valence-electron chi connectivity index (χ3n) is 6.04. The second kappa shape index (κ2) is 8.38. The lowest BCUT2D eigenvalue weighted by molar-refractivity contribution is 0.463. The summed E-state index contributed by atoms with van der Waals surface area (Å²) in [5.74, 6) is 0.704. The minimum atomic E-state index is 0.704. The highest BCUT2D eigenvalue weighted by Crippen LogP contribution is 2.24. The zero-order chi connectivity index (χ0) is 21.2. The van der Waals surface area contributed by atoms with Gasteiger partial charge in [-0.2, -0.15) is 0 Å². The van der Waals surface area contributed by atoms with E-state index in [-0.39, 0.29) is 0 Å². The van der Waals surface area contributed by atoms with E-state index in [1.165, 1.54) is 24.8 Å². The van der Waals surface area contributed by atoms with Crippen molar-refractivity contribution >= 4 is 46.4 Å². The number of nitrogens with zero attached hydrogens (tertiary/aromatic N) is 2. The van der Waals surface area contributed by atoms with E-state index in [4.69, 9.17) is 9.97 Å². The van der Waals surface area contributed by atoms with Crippen LogP contribution in [0.4, 0.5) is 0 Å². The molecule has 0 aliphatic carbocycles. The van der Waals surface area contributed by atoms with Crippen molar-refractivity contribution in [3.8, 4) is 0 Å². The first-order chi connectivity index (χ1) is 15.2. The standard InChI is InChI=1S/C27H28N4/c1-3-5-18(4-2)12-19-13-26-16-24-9-8-22(29-24)14-20-6-7-21(28-20)15-23-10-11-25(30-23)17-27(19)31-26/h6-11,13-18,29,31H,3-5,12H2,1-2H3. The maximum Gasteiger partial charge on any atom is 0.0659 e. The number of hydrogen-bond donors (Lipinski definition) is 2. The summed E-state index contributed by atoms with van der Waals surface area (Å²) in [5.41, 5.74) is 9.52. The SMILES string of the molecule is CCCC(CC)Cc1cc2cc3ccc(cc4nc(cc5nc(cc1[nH]2)C=C5)C=C4)[nH]3. The summed E-state index contributed by atoms with van der Waals surface area (Å²) in [7, 11) is 0. The van der Waals surface area contributed by atoms with Crippen LogP contribution in [0.5, 0.6) is 0 Å². The van der Waals surface area contributed by atoms with Crippen LogP contribution in [-0.2, 0) is 6.42 Å². The van der Waals surface area contributed by atoms with Crippen LogP contribution in [0.2, 0.25) is 0 Å². The third kappa shape index (κ3) is 4.38. The summed E-state index contributed by atoms with van der Waals surface area (Å²) in [4.78, 5) is 16.6. The van der Waals surface area contributed by atoms with Gasteiger partial charge in [0.05, 0.1) is 22.8 Å². The topological polar surface area (TPSA) is 57.4 Å². The summed E-state index contributed by atoms with van der Waals surface area (Å²) in [6.45, 7) is 4.57. The van der Waals surface area contributed by atoms with E-state index in [0.29, 0.717) is 5.92 Å². The molecule has 4 nitrogen and oxygen atoms in total. The molecule has 3 aromatic rings. The van der Waals surface area contributed by atoms with E-state index >= 15 is 0 Å². The van der Waals surface area contributed by atoms with Gasteiger partial charge < -0.3 is 9.97 Å². The second-order valence-corrected chi connectivity index (χ2v) is 8.47. The Kier molecular flexibility index (Phi) is 5.29. The first-order valence-corrected chi connectivity index (χ1v) is 11.3. The average Bonchev–Trinajstić information content (AvgIpc) is 3.53. The van der Waals surface area contributed by atoms with Crippen molar-refractivity contribution in [2.45, 2.75) is 39.5 Å². The number of nitrogens with one attached hydrogen (secondary N) is 2. The van der Waals surface area contributed by atoms with Crippen LogP contribution in [0.15, 0.2) is 42.5 Å². The van der Waals surface area contributed by atoms with E-state index < -0.39 is 0 Å². The van der Waals surface area contributed by atoms with Gasteiger partial charge in [-0.15, -0.1) is 0 Å². The van der Waals surface area contributed by atoms with Crippen LogP contribution in [0.25, 0.3) is 46.4 Å². The molecule has 0 radical (unpaired) electrons. The van der Waals surface area contributed by atoms with Gasteiger partial charge in [0.2, 0.25) is 0 Å². The minimum absolute atomic E-state index is 0.704. The Bertz CT molecular complexity index is 1320. The highest BCUT2D eigenvalue weighted by molar-refractivity contribution is 5.78. The Hall–Kier alpha value is -3.40. The van der Waals surface area contributed by atoms with Crippen molar-refractivity contribution in [2.75, 3.05) is 0 Å². The molecule has 0 amide bonds. The lowest BCUT2D eigenvalue weighted by atomic mass is 9.93. The summed E-state index contributed by atoms with van der Waals surface area (Å²) < 4.78 is 0. The molecule has 31 heavy (non-hydrogen) atoms. The molecular formula is C27H28N4. The van der Waals surface area contributed by atoms with Gasteiger partial charge >= 0.3 is 0 Å². The molecule has 3 aromatic heterocycles. The van der Waals surface area contributed by atoms with E-state index in [1.54, 1.807) is 0 Å². The van der Waals surface area contributed by atoms with E-state index in [0.717, 1.165) is 51.3 Å². The van der Waals surface area contributed by atoms with E-state index in [2.05, 4.69) is 72.4 Å². The smallest absolute Gasteiger partial charge is 0.0659 e. The Balaban J connectivity index is 1.73. The fraction of sp³-hybridized carbons (Fsp3) is 0.259. The number of aromatic nitrogens is 4. The number of H-pyrrole nitrogens is 2. The molecule has 0 spiro atoms. The first-order valence-electron chi connectivity index (χ1n) is 11.3. The molecular weight excluding hydrogens is 380 g/mol. The highest BCUT2D eigenvalue weighted by atomic mass is 14.8. The Morgan fingerprint density at radius 2 is 1.35 bits per heavy atom. The molecule has 1 atom stereocenters. The molecule has 2 aliphatic heterocycles. The minimum Gasteiger partial charge on any atom is -0.355 e. The van der Waals surface area contributed by atoms with Crippen molar-refractivity contribution in [3.63, 3.8) is 0 Å². The predicted octanol–water partition coefficient (Wildman–Crippen LogP) is 7.02. The Labute approximate surface area is 182 Å². The second-order valence-electron chi connectivity index (χ2n) is 8.47. The van der Waals surface area contributed by atoms with Crippen molar-refractivity contribution in [1.82, 2.24) is 19.9 Å². The molecule has 2 N–H and O–H groups in total.